The number of hydrogen-bond acceptors (Lipinski definition) is 2. The zero-order chi connectivity index (χ0) is 14.3. The van der Waals surface area contributed by atoms with Crippen molar-refractivity contribution in [1.82, 2.24) is 0 Å². The van der Waals surface area contributed by atoms with E-state index in [2.05, 4.69) is 32.9 Å². The van der Waals surface area contributed by atoms with E-state index < -0.39 is 0 Å². The van der Waals surface area contributed by atoms with Crippen LogP contribution in [0.1, 0.15) is 38.8 Å². The molecule has 0 unspecified atom stereocenters. The predicted octanol–water partition coefficient (Wildman–Crippen LogP) is 4.32. The average molecular weight is 258 g/mol. The third-order valence-electron chi connectivity index (χ3n) is 2.44. The third-order valence-corrected chi connectivity index (χ3v) is 2.44. The maximum Gasteiger partial charge on any atom is 0.330 e. The molecule has 1 rings (SSSR count). The molecule has 0 amide bonds. The second-order valence-corrected chi connectivity index (χ2v) is 5.41. The van der Waals surface area contributed by atoms with E-state index in [1.807, 2.05) is 24.3 Å². The number of ether oxygens (including phenoxy) is 1. The standard InChI is InChI=1S/C17H22O2/c1-5-19-16(18)11-10-14-8-6-7-9-15(14)12-13-17(2,3)4/h6-13H,5H2,1-4H3/b11-10+,13-12+. The summed E-state index contributed by atoms with van der Waals surface area (Å²) in [4.78, 5) is 11.3. The lowest BCUT2D eigenvalue weighted by molar-refractivity contribution is -0.137. The molecule has 0 fully saturated rings. The second-order valence-electron chi connectivity index (χ2n) is 5.41. The summed E-state index contributed by atoms with van der Waals surface area (Å²) in [5.74, 6) is -0.308. The summed E-state index contributed by atoms with van der Waals surface area (Å²) in [5.41, 5.74) is 2.24. The minimum absolute atomic E-state index is 0.137. The third kappa shape index (κ3) is 6.05. The minimum Gasteiger partial charge on any atom is -0.463 e. The number of allylic oxidation sites excluding steroid dienone is 1. The fourth-order valence-corrected chi connectivity index (χ4v) is 1.50. The minimum atomic E-state index is -0.308. The van der Waals surface area contributed by atoms with E-state index in [4.69, 9.17) is 4.74 Å². The topological polar surface area (TPSA) is 26.3 Å². The molecule has 0 saturated carbocycles. The largest absolute Gasteiger partial charge is 0.463 e. The maximum absolute atomic E-state index is 11.3. The van der Waals surface area contributed by atoms with Crippen molar-refractivity contribution in [2.45, 2.75) is 27.7 Å². The van der Waals surface area contributed by atoms with E-state index in [1.54, 1.807) is 13.0 Å². The van der Waals surface area contributed by atoms with Crippen LogP contribution in [0, 0.1) is 5.41 Å². The van der Waals surface area contributed by atoms with Crippen molar-refractivity contribution in [3.05, 3.63) is 47.5 Å². The number of carbonyl (C=O) groups is 1. The zero-order valence-electron chi connectivity index (χ0n) is 12.1. The fourth-order valence-electron chi connectivity index (χ4n) is 1.50. The Bertz CT molecular complexity index is 476. The number of rotatable bonds is 4. The molecule has 0 spiro atoms. The van der Waals surface area contributed by atoms with Crippen molar-refractivity contribution < 1.29 is 9.53 Å². The molecular weight excluding hydrogens is 236 g/mol. The molecule has 102 valence electrons. The highest BCUT2D eigenvalue weighted by Gasteiger charge is 2.04. The van der Waals surface area contributed by atoms with Crippen LogP contribution in [-0.2, 0) is 9.53 Å². The van der Waals surface area contributed by atoms with E-state index in [0.717, 1.165) is 11.1 Å². The molecular formula is C17H22O2. The lowest BCUT2D eigenvalue weighted by Crippen LogP contribution is -1.99. The van der Waals surface area contributed by atoms with Gasteiger partial charge >= 0.3 is 5.97 Å². The van der Waals surface area contributed by atoms with Gasteiger partial charge in [-0.05, 0) is 29.5 Å². The molecule has 0 bridgehead atoms. The molecule has 0 radical (unpaired) electrons. The Balaban J connectivity index is 2.90. The van der Waals surface area contributed by atoms with E-state index in [0.29, 0.717) is 6.61 Å². The molecule has 2 nitrogen and oxygen atoms in total. The monoisotopic (exact) mass is 258 g/mol. The van der Waals surface area contributed by atoms with Crippen LogP contribution in [0.15, 0.2) is 36.4 Å². The van der Waals surface area contributed by atoms with Crippen LogP contribution in [0.25, 0.3) is 12.2 Å². The maximum atomic E-state index is 11.3. The molecule has 0 saturated heterocycles. The molecule has 0 aliphatic rings. The van der Waals surface area contributed by atoms with Gasteiger partial charge in [0, 0.05) is 6.08 Å². The molecule has 0 aliphatic carbocycles. The van der Waals surface area contributed by atoms with Gasteiger partial charge in [-0.15, -0.1) is 0 Å². The van der Waals surface area contributed by atoms with Gasteiger partial charge in [-0.2, -0.15) is 0 Å². The Morgan fingerprint density at radius 1 is 1.16 bits per heavy atom. The normalized spacial score (nSPS) is 12.2. The van der Waals surface area contributed by atoms with Crippen LogP contribution < -0.4 is 0 Å². The summed E-state index contributed by atoms with van der Waals surface area (Å²) in [6, 6.07) is 7.97. The first-order valence-electron chi connectivity index (χ1n) is 6.55. The van der Waals surface area contributed by atoms with Gasteiger partial charge in [0.15, 0.2) is 0 Å². The van der Waals surface area contributed by atoms with Crippen molar-refractivity contribution in [3.63, 3.8) is 0 Å². The Kier molecular flexibility index (Phi) is 5.56. The Labute approximate surface area is 115 Å². The van der Waals surface area contributed by atoms with E-state index in [9.17, 15) is 4.79 Å². The smallest absolute Gasteiger partial charge is 0.330 e. The summed E-state index contributed by atoms with van der Waals surface area (Å²) in [6.45, 7) is 8.65. The molecule has 1 aromatic carbocycles. The van der Waals surface area contributed by atoms with Crippen molar-refractivity contribution in [1.29, 1.82) is 0 Å². The van der Waals surface area contributed by atoms with Crippen LogP contribution >= 0.6 is 0 Å². The predicted molar refractivity (Wildman–Crippen MR) is 80.6 cm³/mol. The zero-order valence-corrected chi connectivity index (χ0v) is 12.1. The van der Waals surface area contributed by atoms with E-state index in [1.165, 1.54) is 6.08 Å². The SMILES string of the molecule is CCOC(=O)/C=C/c1ccccc1/C=C/C(C)(C)C. The van der Waals surface area contributed by atoms with Crippen LogP contribution in [0.4, 0.5) is 0 Å². The number of carbonyl (C=O) groups excluding carboxylic acids is 1. The Hall–Kier alpha value is -1.83. The van der Waals surface area contributed by atoms with Gasteiger partial charge in [-0.25, -0.2) is 4.79 Å². The summed E-state index contributed by atoms with van der Waals surface area (Å²) < 4.78 is 4.87. The molecule has 1 aromatic rings. The summed E-state index contributed by atoms with van der Waals surface area (Å²) in [6.07, 6.45) is 7.50. The first kappa shape index (κ1) is 15.2. The second kappa shape index (κ2) is 6.93. The van der Waals surface area contributed by atoms with E-state index in [-0.39, 0.29) is 11.4 Å². The van der Waals surface area contributed by atoms with Crippen LogP contribution in [0.5, 0.6) is 0 Å². The van der Waals surface area contributed by atoms with Crippen LogP contribution in [0.2, 0.25) is 0 Å². The lowest BCUT2D eigenvalue weighted by Gasteiger charge is -2.11. The van der Waals surface area contributed by atoms with Crippen molar-refractivity contribution in [2.24, 2.45) is 5.41 Å². The van der Waals surface area contributed by atoms with Crippen molar-refractivity contribution in [2.75, 3.05) is 6.61 Å². The van der Waals surface area contributed by atoms with Crippen LogP contribution in [0.3, 0.4) is 0 Å². The van der Waals surface area contributed by atoms with Crippen molar-refractivity contribution >= 4 is 18.1 Å². The Morgan fingerprint density at radius 3 is 2.26 bits per heavy atom. The molecule has 0 heterocycles. The molecule has 0 aromatic heterocycles. The van der Waals surface area contributed by atoms with Gasteiger partial charge < -0.3 is 4.74 Å². The van der Waals surface area contributed by atoms with Gasteiger partial charge in [-0.3, -0.25) is 0 Å². The van der Waals surface area contributed by atoms with Gasteiger partial charge in [-0.1, -0.05) is 57.2 Å². The molecule has 0 atom stereocenters. The summed E-state index contributed by atoms with van der Waals surface area (Å²) >= 11 is 0. The highest BCUT2D eigenvalue weighted by molar-refractivity contribution is 5.87. The van der Waals surface area contributed by atoms with E-state index >= 15 is 0 Å². The first-order valence-corrected chi connectivity index (χ1v) is 6.55. The fraction of sp³-hybridized carbons (Fsp3) is 0.353. The molecule has 2 heteroatoms. The number of esters is 1. The average Bonchev–Trinajstić information content (AvgIpc) is 2.34. The number of hydrogen-bond donors (Lipinski definition) is 0. The first-order chi connectivity index (χ1) is 8.92. The lowest BCUT2D eigenvalue weighted by atomic mass is 9.94. The van der Waals surface area contributed by atoms with Crippen molar-refractivity contribution in [3.8, 4) is 0 Å². The molecule has 0 N–H and O–H groups in total. The quantitative estimate of drug-likeness (QED) is 0.594. The summed E-state index contributed by atoms with van der Waals surface area (Å²) in [7, 11) is 0. The van der Waals surface area contributed by atoms with Gasteiger partial charge in [0.1, 0.15) is 0 Å². The molecule has 19 heavy (non-hydrogen) atoms. The summed E-state index contributed by atoms with van der Waals surface area (Å²) in [5, 5.41) is 0. The van der Waals surface area contributed by atoms with Gasteiger partial charge in [0.2, 0.25) is 0 Å². The highest BCUT2D eigenvalue weighted by atomic mass is 16.5. The highest BCUT2D eigenvalue weighted by Crippen LogP contribution is 2.19. The van der Waals surface area contributed by atoms with Crippen LogP contribution in [-0.4, -0.2) is 12.6 Å². The number of benzene rings is 1. The Morgan fingerprint density at radius 2 is 1.74 bits per heavy atom. The van der Waals surface area contributed by atoms with Gasteiger partial charge in [0.25, 0.3) is 0 Å². The molecule has 0 aliphatic heterocycles. The van der Waals surface area contributed by atoms with Gasteiger partial charge in [0.05, 0.1) is 6.61 Å².